The summed E-state index contributed by atoms with van der Waals surface area (Å²) < 4.78 is 0. The summed E-state index contributed by atoms with van der Waals surface area (Å²) in [6.45, 7) is 0. The van der Waals surface area contributed by atoms with Crippen molar-refractivity contribution in [2.75, 3.05) is 0 Å². The van der Waals surface area contributed by atoms with Gasteiger partial charge < -0.3 is 0 Å². The first-order valence-corrected chi connectivity index (χ1v) is 7.82. The summed E-state index contributed by atoms with van der Waals surface area (Å²) in [6.07, 6.45) is 1.95. The molecule has 108 valence electrons. The SMILES string of the molecule is Bc1ccc(-c2ccc(-c3cnc4ccccc4c3)cc2)cc1. The molecule has 3 aromatic carbocycles. The van der Waals surface area contributed by atoms with E-state index in [0.29, 0.717) is 0 Å². The van der Waals surface area contributed by atoms with Gasteiger partial charge in [-0.2, -0.15) is 0 Å². The molecule has 4 aromatic rings. The first-order valence-electron chi connectivity index (χ1n) is 7.82. The lowest BCUT2D eigenvalue weighted by atomic mass is 9.93. The molecule has 2 heteroatoms. The Balaban J connectivity index is 1.70. The lowest BCUT2D eigenvalue weighted by molar-refractivity contribution is 1.41. The van der Waals surface area contributed by atoms with Crippen LogP contribution in [0.15, 0.2) is 85.1 Å². The van der Waals surface area contributed by atoms with Crippen molar-refractivity contribution < 1.29 is 0 Å². The molecular formula is C21H16BN. The third kappa shape index (κ3) is 2.76. The molecule has 0 saturated carbocycles. The van der Waals surface area contributed by atoms with Crippen molar-refractivity contribution in [1.82, 2.24) is 4.98 Å². The van der Waals surface area contributed by atoms with Crippen molar-refractivity contribution in [2.45, 2.75) is 0 Å². The molecule has 0 spiro atoms. The lowest BCUT2D eigenvalue weighted by Gasteiger charge is -2.06. The number of hydrogen-bond donors (Lipinski definition) is 0. The minimum atomic E-state index is 1.03. The fourth-order valence-corrected chi connectivity index (χ4v) is 2.83. The largest absolute Gasteiger partial charge is 0.256 e. The first kappa shape index (κ1) is 13.8. The van der Waals surface area contributed by atoms with E-state index in [1.807, 2.05) is 24.4 Å². The molecule has 1 heterocycles. The molecule has 0 amide bonds. The number of nitrogens with zero attached hydrogens (tertiary/aromatic N) is 1. The van der Waals surface area contributed by atoms with Gasteiger partial charge in [-0.05, 0) is 28.8 Å². The van der Waals surface area contributed by atoms with Crippen molar-refractivity contribution in [3.8, 4) is 22.3 Å². The zero-order chi connectivity index (χ0) is 15.6. The van der Waals surface area contributed by atoms with Crippen LogP contribution in [0.3, 0.4) is 0 Å². The van der Waals surface area contributed by atoms with Crippen molar-refractivity contribution in [2.24, 2.45) is 0 Å². The maximum Gasteiger partial charge on any atom is 0.139 e. The number of hydrogen-bond acceptors (Lipinski definition) is 1. The molecule has 0 saturated heterocycles. The molecular weight excluding hydrogens is 277 g/mol. The zero-order valence-corrected chi connectivity index (χ0v) is 13.0. The summed E-state index contributed by atoms with van der Waals surface area (Å²) in [5.74, 6) is 0. The number of benzene rings is 3. The van der Waals surface area contributed by atoms with Gasteiger partial charge in [-0.15, -0.1) is 0 Å². The Kier molecular flexibility index (Phi) is 3.43. The Bertz CT molecular complexity index is 957. The van der Waals surface area contributed by atoms with Crippen LogP contribution in [0.2, 0.25) is 0 Å². The van der Waals surface area contributed by atoms with Crippen LogP contribution < -0.4 is 5.46 Å². The molecule has 0 aliphatic carbocycles. The maximum absolute atomic E-state index is 4.55. The summed E-state index contributed by atoms with van der Waals surface area (Å²) in [5.41, 5.74) is 7.15. The van der Waals surface area contributed by atoms with Gasteiger partial charge in [-0.1, -0.05) is 72.2 Å². The molecule has 4 rings (SSSR count). The Morgan fingerprint density at radius 3 is 1.87 bits per heavy atom. The molecule has 0 radical (unpaired) electrons. The fraction of sp³-hybridized carbons (Fsp3) is 0. The van der Waals surface area contributed by atoms with Crippen LogP contribution >= 0.6 is 0 Å². The molecule has 0 bridgehead atoms. The number of para-hydroxylation sites is 1. The summed E-state index contributed by atoms with van der Waals surface area (Å²) in [7, 11) is 2.11. The van der Waals surface area contributed by atoms with E-state index in [0.717, 1.165) is 11.1 Å². The molecule has 0 N–H and O–H groups in total. The standard InChI is InChI=1S/C21H16BN/c22-20-11-9-16(10-12-20)15-5-7-17(8-6-15)19-13-18-3-1-2-4-21(18)23-14-19/h1-14H,22H2. The monoisotopic (exact) mass is 293 g/mol. The molecule has 23 heavy (non-hydrogen) atoms. The predicted octanol–water partition coefficient (Wildman–Crippen LogP) is 3.83. The predicted molar refractivity (Wildman–Crippen MR) is 101 cm³/mol. The highest BCUT2D eigenvalue weighted by Gasteiger charge is 2.02. The number of pyridine rings is 1. The summed E-state index contributed by atoms with van der Waals surface area (Å²) in [6, 6.07) is 27.7. The van der Waals surface area contributed by atoms with Gasteiger partial charge in [0.2, 0.25) is 0 Å². The van der Waals surface area contributed by atoms with Gasteiger partial charge >= 0.3 is 0 Å². The normalized spacial score (nSPS) is 10.8. The summed E-state index contributed by atoms with van der Waals surface area (Å²) in [5, 5.41) is 1.17. The van der Waals surface area contributed by atoms with E-state index in [1.54, 1.807) is 0 Å². The molecule has 1 aromatic heterocycles. The highest BCUT2D eigenvalue weighted by atomic mass is 14.6. The highest BCUT2D eigenvalue weighted by molar-refractivity contribution is 6.32. The second-order valence-corrected chi connectivity index (χ2v) is 5.86. The molecule has 0 aliphatic heterocycles. The van der Waals surface area contributed by atoms with E-state index in [9.17, 15) is 0 Å². The maximum atomic E-state index is 4.55. The first-order chi connectivity index (χ1) is 11.3. The van der Waals surface area contributed by atoms with E-state index >= 15 is 0 Å². The van der Waals surface area contributed by atoms with Crippen molar-refractivity contribution in [3.63, 3.8) is 0 Å². The van der Waals surface area contributed by atoms with Crippen LogP contribution in [-0.2, 0) is 0 Å². The average molecular weight is 293 g/mol. The van der Waals surface area contributed by atoms with Gasteiger partial charge in [-0.3, -0.25) is 4.98 Å². The summed E-state index contributed by atoms with van der Waals surface area (Å²) >= 11 is 0. The fourth-order valence-electron chi connectivity index (χ4n) is 2.83. The van der Waals surface area contributed by atoms with E-state index in [2.05, 4.69) is 73.5 Å². The number of fused-ring (bicyclic) bond motifs is 1. The van der Waals surface area contributed by atoms with Gasteiger partial charge in [0.1, 0.15) is 7.85 Å². The topological polar surface area (TPSA) is 12.9 Å². The van der Waals surface area contributed by atoms with Crippen molar-refractivity contribution in [3.05, 3.63) is 85.1 Å². The van der Waals surface area contributed by atoms with E-state index in [-0.39, 0.29) is 0 Å². The third-order valence-electron chi connectivity index (χ3n) is 4.19. The molecule has 0 fully saturated rings. The smallest absolute Gasteiger partial charge is 0.139 e. The van der Waals surface area contributed by atoms with Crippen LogP contribution in [0.25, 0.3) is 33.2 Å². The second-order valence-electron chi connectivity index (χ2n) is 5.86. The van der Waals surface area contributed by atoms with Crippen molar-refractivity contribution in [1.29, 1.82) is 0 Å². The van der Waals surface area contributed by atoms with Crippen LogP contribution in [0.4, 0.5) is 0 Å². The van der Waals surface area contributed by atoms with Crippen LogP contribution in [0.1, 0.15) is 0 Å². The van der Waals surface area contributed by atoms with Crippen LogP contribution in [0, 0.1) is 0 Å². The Hall–Kier alpha value is -2.87. The highest BCUT2D eigenvalue weighted by Crippen LogP contribution is 2.26. The molecule has 0 atom stereocenters. The van der Waals surface area contributed by atoms with E-state index in [1.165, 1.54) is 27.5 Å². The Morgan fingerprint density at radius 2 is 1.17 bits per heavy atom. The van der Waals surface area contributed by atoms with Gasteiger partial charge in [0.15, 0.2) is 0 Å². The van der Waals surface area contributed by atoms with E-state index < -0.39 is 0 Å². The molecule has 0 aliphatic rings. The number of rotatable bonds is 2. The minimum absolute atomic E-state index is 1.03. The van der Waals surface area contributed by atoms with Gasteiger partial charge in [0.05, 0.1) is 5.52 Å². The molecule has 0 unspecified atom stereocenters. The van der Waals surface area contributed by atoms with E-state index in [4.69, 9.17) is 0 Å². The summed E-state index contributed by atoms with van der Waals surface area (Å²) in [4.78, 5) is 4.55. The lowest BCUT2D eigenvalue weighted by Crippen LogP contribution is -1.99. The van der Waals surface area contributed by atoms with Crippen LogP contribution in [0.5, 0.6) is 0 Å². The Labute approximate surface area is 137 Å². The third-order valence-corrected chi connectivity index (χ3v) is 4.19. The Morgan fingerprint density at radius 1 is 0.609 bits per heavy atom. The van der Waals surface area contributed by atoms with Crippen LogP contribution in [-0.4, -0.2) is 12.8 Å². The van der Waals surface area contributed by atoms with Gasteiger partial charge in [0, 0.05) is 17.1 Å². The average Bonchev–Trinajstić information content (AvgIpc) is 2.62. The zero-order valence-electron chi connectivity index (χ0n) is 13.0. The quantitative estimate of drug-likeness (QED) is 0.512. The molecule has 1 nitrogen and oxygen atoms in total. The minimum Gasteiger partial charge on any atom is -0.256 e. The second kappa shape index (κ2) is 5.73. The number of aromatic nitrogens is 1. The van der Waals surface area contributed by atoms with Crippen molar-refractivity contribution >= 4 is 24.2 Å². The van der Waals surface area contributed by atoms with Gasteiger partial charge in [-0.25, -0.2) is 0 Å². The van der Waals surface area contributed by atoms with Gasteiger partial charge in [0.25, 0.3) is 0 Å².